The Balaban J connectivity index is 2.32. The van der Waals surface area contributed by atoms with Gasteiger partial charge in [0.1, 0.15) is 17.4 Å². The van der Waals surface area contributed by atoms with E-state index in [1.165, 1.54) is 0 Å². The number of phenolic OH excluding ortho intramolecular Hbond substituents is 1. The second-order valence-corrected chi connectivity index (χ2v) is 5.42. The highest BCUT2D eigenvalue weighted by molar-refractivity contribution is 6.09. The molecule has 0 atom stereocenters. The molecule has 0 radical (unpaired) electrons. The van der Waals surface area contributed by atoms with Gasteiger partial charge in [-0.1, -0.05) is 6.07 Å². The number of benzene rings is 2. The van der Waals surface area contributed by atoms with E-state index in [0.29, 0.717) is 5.69 Å². The van der Waals surface area contributed by atoms with Crippen LogP contribution in [0.15, 0.2) is 42.0 Å². The van der Waals surface area contributed by atoms with E-state index in [9.17, 15) is 25.3 Å². The van der Waals surface area contributed by atoms with Crippen LogP contribution in [0.25, 0.3) is 6.08 Å². The smallest absolute Gasteiger partial charge is 0.270 e. The van der Waals surface area contributed by atoms with Crippen LogP contribution in [0.3, 0.4) is 0 Å². The number of aryl methyl sites for hydroxylation is 2. The summed E-state index contributed by atoms with van der Waals surface area (Å²) in [4.78, 5) is 22.4. The topological polar surface area (TPSA) is 116 Å². The Hall–Kier alpha value is -3.66. The monoisotopic (exact) mass is 337 g/mol. The summed E-state index contributed by atoms with van der Waals surface area (Å²) in [6.45, 7) is 3.83. The van der Waals surface area contributed by atoms with Crippen LogP contribution >= 0.6 is 0 Å². The van der Waals surface area contributed by atoms with E-state index in [1.54, 1.807) is 18.2 Å². The van der Waals surface area contributed by atoms with Gasteiger partial charge in [0.15, 0.2) is 0 Å². The van der Waals surface area contributed by atoms with Gasteiger partial charge in [0.25, 0.3) is 11.6 Å². The molecule has 25 heavy (non-hydrogen) atoms. The summed E-state index contributed by atoms with van der Waals surface area (Å²) in [7, 11) is 0. The molecule has 2 aromatic carbocycles. The molecule has 2 aromatic rings. The van der Waals surface area contributed by atoms with Crippen LogP contribution < -0.4 is 5.32 Å². The average Bonchev–Trinajstić information content (AvgIpc) is 2.57. The molecule has 126 valence electrons. The highest BCUT2D eigenvalue weighted by Gasteiger charge is 2.14. The number of non-ortho nitro benzene ring substituents is 1. The predicted molar refractivity (Wildman–Crippen MR) is 92.9 cm³/mol. The highest BCUT2D eigenvalue weighted by atomic mass is 16.6. The third-order valence-electron chi connectivity index (χ3n) is 3.65. The standard InChI is InChI=1S/C18H15N3O4/c1-11-3-4-15(7-12(11)2)20-18(23)14(10-19)8-13-9-16(21(24)25)5-6-17(13)22/h3-9,22H,1-2H3,(H,20,23)/b14-8-. The van der Waals surface area contributed by atoms with Gasteiger partial charge in [-0.25, -0.2) is 0 Å². The lowest BCUT2D eigenvalue weighted by atomic mass is 10.1. The van der Waals surface area contributed by atoms with Crippen molar-refractivity contribution in [3.8, 4) is 11.8 Å². The maximum absolute atomic E-state index is 12.3. The van der Waals surface area contributed by atoms with E-state index < -0.39 is 10.8 Å². The number of carbonyl (C=O) groups excluding carboxylic acids is 1. The average molecular weight is 337 g/mol. The summed E-state index contributed by atoms with van der Waals surface area (Å²) in [5.41, 5.74) is 2.05. The van der Waals surface area contributed by atoms with Crippen LogP contribution in [0.1, 0.15) is 16.7 Å². The zero-order valence-corrected chi connectivity index (χ0v) is 13.6. The van der Waals surface area contributed by atoms with Crippen molar-refractivity contribution in [3.05, 3.63) is 68.8 Å². The summed E-state index contributed by atoms with van der Waals surface area (Å²) < 4.78 is 0. The number of hydrogen-bond acceptors (Lipinski definition) is 5. The molecule has 2 rings (SSSR count). The van der Waals surface area contributed by atoms with Crippen molar-refractivity contribution < 1.29 is 14.8 Å². The summed E-state index contributed by atoms with van der Waals surface area (Å²) >= 11 is 0. The van der Waals surface area contributed by atoms with Gasteiger partial charge in [0.2, 0.25) is 0 Å². The number of carbonyl (C=O) groups is 1. The molecular formula is C18H15N3O4. The van der Waals surface area contributed by atoms with E-state index in [0.717, 1.165) is 35.4 Å². The molecule has 0 fully saturated rings. The van der Waals surface area contributed by atoms with Gasteiger partial charge in [0.05, 0.1) is 4.92 Å². The first kappa shape index (κ1) is 17.7. The van der Waals surface area contributed by atoms with Gasteiger partial charge in [-0.2, -0.15) is 5.26 Å². The largest absolute Gasteiger partial charge is 0.507 e. The number of anilines is 1. The molecule has 0 saturated heterocycles. The number of nitro benzene ring substituents is 1. The molecule has 7 nitrogen and oxygen atoms in total. The minimum Gasteiger partial charge on any atom is -0.507 e. The zero-order chi connectivity index (χ0) is 18.6. The van der Waals surface area contributed by atoms with Crippen LogP contribution in [-0.2, 0) is 4.79 Å². The lowest BCUT2D eigenvalue weighted by Crippen LogP contribution is -2.13. The van der Waals surface area contributed by atoms with Crippen LogP contribution in [-0.4, -0.2) is 15.9 Å². The number of nitrogens with one attached hydrogen (secondary N) is 1. The predicted octanol–water partition coefficient (Wildman–Crippen LogP) is 3.46. The van der Waals surface area contributed by atoms with Crippen molar-refractivity contribution in [2.24, 2.45) is 0 Å². The number of amides is 1. The molecule has 0 heterocycles. The summed E-state index contributed by atoms with van der Waals surface area (Å²) in [6.07, 6.45) is 1.11. The zero-order valence-electron chi connectivity index (χ0n) is 13.6. The third-order valence-corrected chi connectivity index (χ3v) is 3.65. The summed E-state index contributed by atoms with van der Waals surface area (Å²) in [5.74, 6) is -0.936. The molecule has 0 spiro atoms. The van der Waals surface area contributed by atoms with Gasteiger partial charge in [0, 0.05) is 23.4 Å². The van der Waals surface area contributed by atoms with Crippen LogP contribution in [0.5, 0.6) is 5.75 Å². The van der Waals surface area contributed by atoms with Gasteiger partial charge < -0.3 is 10.4 Å². The molecule has 0 aliphatic heterocycles. The molecule has 0 bridgehead atoms. The van der Waals surface area contributed by atoms with Crippen molar-refractivity contribution in [2.45, 2.75) is 13.8 Å². The molecule has 0 unspecified atom stereocenters. The highest BCUT2D eigenvalue weighted by Crippen LogP contribution is 2.25. The first-order valence-electron chi connectivity index (χ1n) is 7.29. The molecule has 2 N–H and O–H groups in total. The van der Waals surface area contributed by atoms with Crippen molar-refractivity contribution in [1.29, 1.82) is 5.26 Å². The molecule has 0 aliphatic rings. The number of phenols is 1. The normalized spacial score (nSPS) is 10.8. The second-order valence-electron chi connectivity index (χ2n) is 5.42. The Morgan fingerprint density at radius 3 is 2.56 bits per heavy atom. The van der Waals surface area contributed by atoms with E-state index in [1.807, 2.05) is 19.9 Å². The van der Waals surface area contributed by atoms with Crippen molar-refractivity contribution in [3.63, 3.8) is 0 Å². The third kappa shape index (κ3) is 4.20. The van der Waals surface area contributed by atoms with Crippen molar-refractivity contribution in [2.75, 3.05) is 5.32 Å². The van der Waals surface area contributed by atoms with Gasteiger partial charge >= 0.3 is 0 Å². The first-order chi connectivity index (χ1) is 11.8. The minimum absolute atomic E-state index is 0.0148. The molecule has 0 saturated carbocycles. The second kappa shape index (κ2) is 7.27. The Morgan fingerprint density at radius 2 is 1.96 bits per heavy atom. The Morgan fingerprint density at radius 1 is 1.24 bits per heavy atom. The molecule has 1 amide bonds. The lowest BCUT2D eigenvalue weighted by Gasteiger charge is -2.07. The Labute approximate surface area is 144 Å². The van der Waals surface area contributed by atoms with E-state index in [-0.39, 0.29) is 22.6 Å². The molecule has 0 aromatic heterocycles. The fraction of sp³-hybridized carbons (Fsp3) is 0.111. The minimum atomic E-state index is -0.670. The lowest BCUT2D eigenvalue weighted by molar-refractivity contribution is -0.384. The van der Waals surface area contributed by atoms with Crippen LogP contribution in [0.2, 0.25) is 0 Å². The number of nitriles is 1. The van der Waals surface area contributed by atoms with Crippen molar-refractivity contribution in [1.82, 2.24) is 0 Å². The molecule has 7 heteroatoms. The number of nitrogens with zero attached hydrogens (tertiary/aromatic N) is 2. The van der Waals surface area contributed by atoms with Gasteiger partial charge in [-0.15, -0.1) is 0 Å². The number of rotatable bonds is 4. The van der Waals surface area contributed by atoms with Gasteiger partial charge in [-0.3, -0.25) is 14.9 Å². The summed E-state index contributed by atoms with van der Waals surface area (Å²) in [5, 5.41) is 32.4. The summed E-state index contributed by atoms with van der Waals surface area (Å²) in [6, 6.07) is 10.4. The maximum Gasteiger partial charge on any atom is 0.270 e. The van der Waals surface area contributed by atoms with E-state index >= 15 is 0 Å². The number of nitro groups is 1. The first-order valence-corrected chi connectivity index (χ1v) is 7.29. The SMILES string of the molecule is Cc1ccc(NC(=O)/C(C#N)=C\c2cc([N+](=O)[O-])ccc2O)cc1C. The fourth-order valence-corrected chi connectivity index (χ4v) is 2.09. The fourth-order valence-electron chi connectivity index (χ4n) is 2.09. The van der Waals surface area contributed by atoms with Crippen LogP contribution in [0, 0.1) is 35.3 Å². The van der Waals surface area contributed by atoms with E-state index in [2.05, 4.69) is 5.32 Å². The van der Waals surface area contributed by atoms with Gasteiger partial charge in [-0.05, 0) is 49.2 Å². The molecular weight excluding hydrogens is 322 g/mol. The molecule has 0 aliphatic carbocycles. The number of hydrogen-bond donors (Lipinski definition) is 2. The van der Waals surface area contributed by atoms with E-state index in [4.69, 9.17) is 0 Å². The maximum atomic E-state index is 12.3. The van der Waals surface area contributed by atoms with Crippen molar-refractivity contribution >= 4 is 23.4 Å². The quantitative estimate of drug-likeness (QED) is 0.383. The Bertz CT molecular complexity index is 926. The number of aromatic hydroxyl groups is 1. The van der Waals surface area contributed by atoms with Crippen LogP contribution in [0.4, 0.5) is 11.4 Å². The Kier molecular flexibility index (Phi) is 5.15.